The number of aromatic hydroxyl groups is 1. The van der Waals surface area contributed by atoms with Gasteiger partial charge in [0.2, 0.25) is 10.0 Å². The molecule has 12 heteroatoms. The van der Waals surface area contributed by atoms with Crippen molar-refractivity contribution in [2.75, 3.05) is 37.8 Å². The molecule has 0 saturated carbocycles. The predicted molar refractivity (Wildman–Crippen MR) is 121 cm³/mol. The summed E-state index contributed by atoms with van der Waals surface area (Å²) in [6.07, 6.45) is 0. The van der Waals surface area contributed by atoms with Gasteiger partial charge < -0.3 is 20.6 Å². The van der Waals surface area contributed by atoms with Crippen LogP contribution in [0.5, 0.6) is 5.75 Å². The minimum atomic E-state index is -4.08. The first-order valence-electron chi connectivity index (χ1n) is 8.10. The van der Waals surface area contributed by atoms with Gasteiger partial charge in [-0.3, -0.25) is 0 Å². The Morgan fingerprint density at radius 3 is 2.38 bits per heavy atom. The van der Waals surface area contributed by atoms with Crippen molar-refractivity contribution >= 4 is 67.4 Å². The molecule has 0 fully saturated rings. The van der Waals surface area contributed by atoms with Crippen LogP contribution >= 0.6 is 39.9 Å². The number of phenolic OH excluding ortho intramolecular Hbond substituents is 1. The fourth-order valence-corrected chi connectivity index (χ4v) is 4.25. The number of nitrogens with zero attached hydrogens (tertiary/aromatic N) is 1. The molecule has 0 atom stereocenters. The Labute approximate surface area is 189 Å². The lowest BCUT2D eigenvalue weighted by Crippen LogP contribution is -2.31. The summed E-state index contributed by atoms with van der Waals surface area (Å²) in [6.45, 7) is 0.592. The van der Waals surface area contributed by atoms with Crippen molar-refractivity contribution < 1.29 is 18.3 Å². The van der Waals surface area contributed by atoms with Crippen LogP contribution < -0.4 is 15.4 Å². The first-order valence-corrected chi connectivity index (χ1v) is 10.8. The van der Waals surface area contributed by atoms with Crippen molar-refractivity contribution in [2.45, 2.75) is 4.90 Å². The van der Waals surface area contributed by atoms with Crippen molar-refractivity contribution in [1.82, 2.24) is 9.62 Å². The molecule has 2 aromatic rings. The lowest BCUT2D eigenvalue weighted by atomic mass is 10.3. The van der Waals surface area contributed by atoms with Crippen molar-refractivity contribution in [1.29, 1.82) is 0 Å². The van der Waals surface area contributed by atoms with Gasteiger partial charge in [-0.05, 0) is 54.3 Å². The zero-order valence-corrected chi connectivity index (χ0v) is 19.5. The number of amides is 2. The topological polar surface area (TPSA) is 111 Å². The number of phenols is 1. The summed E-state index contributed by atoms with van der Waals surface area (Å²) in [5.41, 5.74) is 0.411. The molecule has 8 nitrogen and oxygen atoms in total. The maximum atomic E-state index is 12.5. The Morgan fingerprint density at radius 2 is 1.76 bits per heavy atom. The quantitative estimate of drug-likeness (QED) is 0.410. The fraction of sp³-hybridized carbons (Fsp3) is 0.235. The van der Waals surface area contributed by atoms with E-state index in [0.29, 0.717) is 16.7 Å². The summed E-state index contributed by atoms with van der Waals surface area (Å²) < 4.78 is 28.1. The molecule has 0 aliphatic rings. The second-order valence-corrected chi connectivity index (χ2v) is 9.00. The van der Waals surface area contributed by atoms with E-state index < -0.39 is 26.7 Å². The van der Waals surface area contributed by atoms with Crippen LogP contribution in [0.25, 0.3) is 0 Å². The lowest BCUT2D eigenvalue weighted by molar-refractivity contribution is 0.262. The van der Waals surface area contributed by atoms with E-state index >= 15 is 0 Å². The van der Waals surface area contributed by atoms with Gasteiger partial charge in [-0.1, -0.05) is 23.7 Å². The third-order valence-corrected chi connectivity index (χ3v) is 6.23. The summed E-state index contributed by atoms with van der Waals surface area (Å²) in [7, 11) is -0.482. The molecule has 0 aromatic heterocycles. The molecular weight excluding hydrogens is 507 g/mol. The lowest BCUT2D eigenvalue weighted by Gasteiger charge is -2.15. The first kappa shape index (κ1) is 25.5. The monoisotopic (exact) mass is 526 g/mol. The molecule has 0 saturated heterocycles. The SMILES string of the molecule is CN(C)CCNS(=O)(=O)c1c(Cl)ccc(NC(=O)Nc2ccccc2Br)c1O.Cl. The summed E-state index contributed by atoms with van der Waals surface area (Å²) in [4.78, 5) is 13.5. The van der Waals surface area contributed by atoms with Gasteiger partial charge in [0.15, 0.2) is 5.75 Å². The molecule has 0 spiro atoms. The molecule has 0 bridgehead atoms. The molecule has 2 rings (SSSR count). The number of nitrogens with one attached hydrogen (secondary N) is 3. The fourth-order valence-electron chi connectivity index (χ4n) is 2.22. The highest BCUT2D eigenvalue weighted by Gasteiger charge is 2.25. The van der Waals surface area contributed by atoms with Crippen LogP contribution in [0.2, 0.25) is 5.02 Å². The number of urea groups is 1. The Balaban J connectivity index is 0.00000420. The minimum Gasteiger partial charge on any atom is -0.504 e. The molecular formula is C17H21BrCl2N4O4S. The summed E-state index contributed by atoms with van der Waals surface area (Å²) in [6, 6.07) is 8.90. The Hall–Kier alpha value is -1.56. The van der Waals surface area contributed by atoms with Crippen LogP contribution in [0.1, 0.15) is 0 Å². The Bertz CT molecular complexity index is 974. The van der Waals surface area contributed by atoms with Gasteiger partial charge in [-0.25, -0.2) is 17.9 Å². The number of anilines is 2. The molecule has 2 aromatic carbocycles. The highest BCUT2D eigenvalue weighted by atomic mass is 79.9. The Morgan fingerprint density at radius 1 is 1.14 bits per heavy atom. The zero-order valence-electron chi connectivity index (χ0n) is 15.6. The molecule has 4 N–H and O–H groups in total. The van der Waals surface area contributed by atoms with Gasteiger partial charge >= 0.3 is 6.03 Å². The smallest absolute Gasteiger partial charge is 0.323 e. The maximum absolute atomic E-state index is 12.5. The number of likely N-dealkylation sites (N-methyl/N-ethyl adjacent to an activating group) is 1. The molecule has 0 heterocycles. The van der Waals surface area contributed by atoms with Crippen LogP contribution in [-0.2, 0) is 10.0 Å². The van der Waals surface area contributed by atoms with E-state index in [2.05, 4.69) is 31.3 Å². The van der Waals surface area contributed by atoms with Gasteiger partial charge in [0, 0.05) is 17.6 Å². The normalized spacial score (nSPS) is 11.1. The maximum Gasteiger partial charge on any atom is 0.323 e. The Kier molecular flexibility index (Phi) is 9.66. The van der Waals surface area contributed by atoms with E-state index in [-0.39, 0.29) is 29.7 Å². The third-order valence-electron chi connectivity index (χ3n) is 3.57. The molecule has 0 unspecified atom stereocenters. The number of carbonyl (C=O) groups excluding carboxylic acids is 1. The number of rotatable bonds is 7. The average Bonchev–Trinajstić information content (AvgIpc) is 2.59. The van der Waals surface area contributed by atoms with Crippen LogP contribution in [-0.4, -0.2) is 51.6 Å². The van der Waals surface area contributed by atoms with Crippen LogP contribution in [0.15, 0.2) is 45.8 Å². The van der Waals surface area contributed by atoms with E-state index in [1.807, 2.05) is 0 Å². The number of hydrogen-bond donors (Lipinski definition) is 4. The number of carbonyl (C=O) groups is 1. The summed E-state index contributed by atoms with van der Waals surface area (Å²) in [5, 5.41) is 15.3. The van der Waals surface area contributed by atoms with E-state index in [1.165, 1.54) is 12.1 Å². The second kappa shape index (κ2) is 11.0. The van der Waals surface area contributed by atoms with Gasteiger partial charge in [-0.15, -0.1) is 12.4 Å². The van der Waals surface area contributed by atoms with E-state index in [9.17, 15) is 18.3 Å². The third kappa shape index (κ3) is 7.02. The van der Waals surface area contributed by atoms with Crippen molar-refractivity contribution in [2.24, 2.45) is 0 Å². The van der Waals surface area contributed by atoms with E-state index in [1.54, 1.807) is 43.3 Å². The average molecular weight is 528 g/mol. The standard InChI is InChI=1S/C17H20BrClN4O4S.ClH/c1-23(2)10-9-20-28(26,27)16-12(19)7-8-14(15(16)24)22-17(25)21-13-6-4-3-5-11(13)18;/h3-8,20,24H,9-10H2,1-2H3,(H2,21,22,25);1H. The molecule has 0 aliphatic heterocycles. The number of para-hydroxylation sites is 1. The number of sulfonamides is 1. The van der Waals surface area contributed by atoms with Crippen LogP contribution in [0.4, 0.5) is 16.2 Å². The van der Waals surface area contributed by atoms with Gasteiger partial charge in [0.05, 0.1) is 16.4 Å². The molecule has 2 amide bonds. The van der Waals surface area contributed by atoms with Crippen LogP contribution in [0.3, 0.4) is 0 Å². The number of benzene rings is 2. The molecule has 0 aliphatic carbocycles. The number of hydrogen-bond acceptors (Lipinski definition) is 5. The van der Waals surface area contributed by atoms with Gasteiger partial charge in [0.1, 0.15) is 4.90 Å². The van der Waals surface area contributed by atoms with Crippen LogP contribution in [0, 0.1) is 0 Å². The molecule has 0 radical (unpaired) electrons. The van der Waals surface area contributed by atoms with E-state index in [4.69, 9.17) is 11.6 Å². The first-order chi connectivity index (χ1) is 13.1. The summed E-state index contributed by atoms with van der Waals surface area (Å²) in [5.74, 6) is -0.646. The van der Waals surface area contributed by atoms with Gasteiger partial charge in [0.25, 0.3) is 0 Å². The largest absolute Gasteiger partial charge is 0.504 e. The van der Waals surface area contributed by atoms with Crippen molar-refractivity contribution in [3.8, 4) is 5.75 Å². The van der Waals surface area contributed by atoms with E-state index in [0.717, 1.165) is 0 Å². The van der Waals surface area contributed by atoms with Crippen molar-refractivity contribution in [3.05, 3.63) is 45.9 Å². The highest BCUT2D eigenvalue weighted by molar-refractivity contribution is 9.10. The van der Waals surface area contributed by atoms with Crippen molar-refractivity contribution in [3.63, 3.8) is 0 Å². The van der Waals surface area contributed by atoms with Gasteiger partial charge in [-0.2, -0.15) is 0 Å². The zero-order chi connectivity index (χ0) is 20.9. The summed E-state index contributed by atoms with van der Waals surface area (Å²) >= 11 is 9.30. The highest BCUT2D eigenvalue weighted by Crippen LogP contribution is 2.36. The minimum absolute atomic E-state index is 0. The molecule has 29 heavy (non-hydrogen) atoms. The second-order valence-electron chi connectivity index (χ2n) is 6.03. The molecule has 160 valence electrons. The number of halogens is 3. The predicted octanol–water partition coefficient (Wildman–Crippen LogP) is 3.71.